The van der Waals surface area contributed by atoms with Crippen LogP contribution in [0.4, 0.5) is 0 Å². The van der Waals surface area contributed by atoms with E-state index in [0.29, 0.717) is 0 Å². The van der Waals surface area contributed by atoms with Crippen molar-refractivity contribution in [1.29, 1.82) is 0 Å². The summed E-state index contributed by atoms with van der Waals surface area (Å²) in [7, 11) is 0. The van der Waals surface area contributed by atoms with E-state index >= 15 is 0 Å². The highest BCUT2D eigenvalue weighted by Gasteiger charge is 2.06. The lowest BCUT2D eigenvalue weighted by molar-refractivity contribution is 1.16. The van der Waals surface area contributed by atoms with Crippen LogP contribution in [-0.4, -0.2) is 9.97 Å². The maximum Gasteiger partial charge on any atom is 0.159 e. The molecule has 0 atom stereocenters. The van der Waals surface area contributed by atoms with Crippen LogP contribution in [-0.2, 0) is 0 Å². The summed E-state index contributed by atoms with van der Waals surface area (Å²) in [5.74, 6) is 0.808. The Balaban J connectivity index is 2.63. The Labute approximate surface area is 83.7 Å². The Morgan fingerprint density at radius 3 is 2.00 bits per heavy atom. The van der Waals surface area contributed by atoms with Crippen molar-refractivity contribution in [3.63, 3.8) is 0 Å². The Hall–Kier alpha value is -1.70. The van der Waals surface area contributed by atoms with Crippen molar-refractivity contribution >= 4 is 0 Å². The van der Waals surface area contributed by atoms with Gasteiger partial charge in [-0.25, -0.2) is 9.97 Å². The van der Waals surface area contributed by atoms with Gasteiger partial charge in [-0.05, 0) is 31.0 Å². The van der Waals surface area contributed by atoms with Crippen LogP contribution in [0.2, 0.25) is 0 Å². The standard InChI is InChI=1S/C12H12N2/c1-9-5-3-6-10(2)11(9)12-13-7-4-8-14-12/h3-8H,1-2H3. The average molecular weight is 184 g/mol. The quantitative estimate of drug-likeness (QED) is 0.681. The van der Waals surface area contributed by atoms with Gasteiger partial charge in [0.05, 0.1) is 0 Å². The number of hydrogen-bond acceptors (Lipinski definition) is 2. The van der Waals surface area contributed by atoms with Gasteiger partial charge < -0.3 is 0 Å². The minimum absolute atomic E-state index is 0.808. The van der Waals surface area contributed by atoms with Crippen molar-refractivity contribution in [1.82, 2.24) is 9.97 Å². The molecular weight excluding hydrogens is 172 g/mol. The van der Waals surface area contributed by atoms with Gasteiger partial charge in [0, 0.05) is 18.0 Å². The summed E-state index contributed by atoms with van der Waals surface area (Å²) in [6, 6.07) is 8.05. The number of benzene rings is 1. The van der Waals surface area contributed by atoms with Gasteiger partial charge in [-0.3, -0.25) is 0 Å². The molecule has 0 aliphatic heterocycles. The minimum Gasteiger partial charge on any atom is -0.237 e. The van der Waals surface area contributed by atoms with Crippen LogP contribution in [0.15, 0.2) is 36.7 Å². The normalized spacial score (nSPS) is 10.1. The van der Waals surface area contributed by atoms with E-state index in [1.807, 2.05) is 6.07 Å². The van der Waals surface area contributed by atoms with Gasteiger partial charge in [-0.2, -0.15) is 0 Å². The number of rotatable bonds is 1. The lowest BCUT2D eigenvalue weighted by atomic mass is 10.0. The molecule has 0 aliphatic carbocycles. The number of aromatic nitrogens is 2. The number of aryl methyl sites for hydroxylation is 2. The first-order chi connectivity index (χ1) is 6.79. The summed E-state index contributed by atoms with van der Waals surface area (Å²) < 4.78 is 0. The summed E-state index contributed by atoms with van der Waals surface area (Å²) in [6.07, 6.45) is 3.54. The third kappa shape index (κ3) is 1.51. The molecule has 1 heterocycles. The van der Waals surface area contributed by atoms with Crippen LogP contribution in [0.25, 0.3) is 11.4 Å². The van der Waals surface area contributed by atoms with Gasteiger partial charge in [0.25, 0.3) is 0 Å². The SMILES string of the molecule is Cc1cccc(C)c1-c1ncccn1. The van der Waals surface area contributed by atoms with Crippen molar-refractivity contribution in [2.24, 2.45) is 0 Å². The van der Waals surface area contributed by atoms with Crippen LogP contribution in [0.1, 0.15) is 11.1 Å². The van der Waals surface area contributed by atoms with Crippen LogP contribution in [0.3, 0.4) is 0 Å². The molecule has 2 rings (SSSR count). The highest BCUT2D eigenvalue weighted by atomic mass is 14.9. The highest BCUT2D eigenvalue weighted by Crippen LogP contribution is 2.22. The molecule has 2 aromatic rings. The molecule has 0 unspecified atom stereocenters. The van der Waals surface area contributed by atoms with Crippen LogP contribution < -0.4 is 0 Å². The predicted octanol–water partition coefficient (Wildman–Crippen LogP) is 2.76. The summed E-state index contributed by atoms with van der Waals surface area (Å²) in [4.78, 5) is 8.52. The zero-order chi connectivity index (χ0) is 9.97. The molecule has 0 aliphatic rings. The third-order valence-corrected chi connectivity index (χ3v) is 2.27. The molecule has 1 aromatic heterocycles. The molecule has 70 valence electrons. The summed E-state index contributed by atoms with van der Waals surface area (Å²) in [5, 5.41) is 0. The van der Waals surface area contributed by atoms with Crippen molar-refractivity contribution < 1.29 is 0 Å². The zero-order valence-corrected chi connectivity index (χ0v) is 8.36. The molecule has 0 saturated carbocycles. The molecule has 14 heavy (non-hydrogen) atoms. The van der Waals surface area contributed by atoms with Crippen molar-refractivity contribution in [3.05, 3.63) is 47.8 Å². The zero-order valence-electron chi connectivity index (χ0n) is 8.36. The second kappa shape index (κ2) is 3.58. The van der Waals surface area contributed by atoms with Crippen molar-refractivity contribution in [2.45, 2.75) is 13.8 Å². The lowest BCUT2D eigenvalue weighted by Crippen LogP contribution is -1.92. The van der Waals surface area contributed by atoms with Gasteiger partial charge in [0.15, 0.2) is 5.82 Å². The number of nitrogens with zero attached hydrogens (tertiary/aromatic N) is 2. The van der Waals surface area contributed by atoms with Gasteiger partial charge >= 0.3 is 0 Å². The fourth-order valence-electron chi connectivity index (χ4n) is 1.60. The highest BCUT2D eigenvalue weighted by molar-refractivity contribution is 5.63. The van der Waals surface area contributed by atoms with E-state index in [4.69, 9.17) is 0 Å². The minimum atomic E-state index is 0.808. The van der Waals surface area contributed by atoms with E-state index < -0.39 is 0 Å². The first kappa shape index (κ1) is 8.88. The van der Waals surface area contributed by atoms with Crippen LogP contribution in [0.5, 0.6) is 0 Å². The molecular formula is C12H12N2. The summed E-state index contributed by atoms with van der Waals surface area (Å²) in [6.45, 7) is 4.16. The predicted molar refractivity (Wildman–Crippen MR) is 56.9 cm³/mol. The first-order valence-corrected chi connectivity index (χ1v) is 4.62. The van der Waals surface area contributed by atoms with E-state index in [2.05, 4.69) is 42.0 Å². The summed E-state index contributed by atoms with van der Waals surface area (Å²) >= 11 is 0. The van der Waals surface area contributed by atoms with Gasteiger partial charge in [0.1, 0.15) is 0 Å². The fourth-order valence-corrected chi connectivity index (χ4v) is 1.60. The second-order valence-electron chi connectivity index (χ2n) is 3.34. The van der Waals surface area contributed by atoms with Crippen molar-refractivity contribution in [2.75, 3.05) is 0 Å². The largest absolute Gasteiger partial charge is 0.237 e. The maximum absolute atomic E-state index is 4.26. The molecule has 0 amide bonds. The van der Waals surface area contributed by atoms with Crippen molar-refractivity contribution in [3.8, 4) is 11.4 Å². The first-order valence-electron chi connectivity index (χ1n) is 4.62. The molecule has 2 nitrogen and oxygen atoms in total. The third-order valence-electron chi connectivity index (χ3n) is 2.27. The van der Waals surface area contributed by atoms with E-state index in [9.17, 15) is 0 Å². The Kier molecular flexibility index (Phi) is 2.27. The molecule has 1 aromatic carbocycles. The lowest BCUT2D eigenvalue weighted by Gasteiger charge is -2.06. The molecule has 0 bridgehead atoms. The smallest absolute Gasteiger partial charge is 0.159 e. The topological polar surface area (TPSA) is 25.8 Å². The van der Waals surface area contributed by atoms with Gasteiger partial charge in [0.2, 0.25) is 0 Å². The molecule has 0 fully saturated rings. The van der Waals surface area contributed by atoms with E-state index in [-0.39, 0.29) is 0 Å². The van der Waals surface area contributed by atoms with E-state index in [1.54, 1.807) is 12.4 Å². The van der Waals surface area contributed by atoms with Crippen LogP contribution >= 0.6 is 0 Å². The second-order valence-corrected chi connectivity index (χ2v) is 3.34. The Morgan fingerprint density at radius 1 is 0.857 bits per heavy atom. The average Bonchev–Trinajstić information content (AvgIpc) is 2.19. The van der Waals surface area contributed by atoms with Crippen LogP contribution in [0, 0.1) is 13.8 Å². The van der Waals surface area contributed by atoms with E-state index in [1.165, 1.54) is 11.1 Å². The molecule has 2 heteroatoms. The Morgan fingerprint density at radius 2 is 1.43 bits per heavy atom. The maximum atomic E-state index is 4.26. The molecule has 0 spiro atoms. The Bertz CT molecular complexity index is 415. The summed E-state index contributed by atoms with van der Waals surface area (Å²) in [5.41, 5.74) is 3.58. The fraction of sp³-hybridized carbons (Fsp3) is 0.167. The molecule has 0 saturated heterocycles. The van der Waals surface area contributed by atoms with Gasteiger partial charge in [-0.1, -0.05) is 18.2 Å². The van der Waals surface area contributed by atoms with Gasteiger partial charge in [-0.15, -0.1) is 0 Å². The molecule has 0 N–H and O–H groups in total. The molecule has 0 radical (unpaired) electrons. The number of hydrogen-bond donors (Lipinski definition) is 0. The monoisotopic (exact) mass is 184 g/mol. The van der Waals surface area contributed by atoms with E-state index in [0.717, 1.165) is 11.4 Å².